The number of halogens is 1. The van der Waals surface area contributed by atoms with Crippen LogP contribution in [0, 0.1) is 0 Å². The van der Waals surface area contributed by atoms with Gasteiger partial charge < -0.3 is 5.11 Å². The van der Waals surface area contributed by atoms with E-state index in [-0.39, 0.29) is 5.69 Å². The smallest absolute Gasteiger partial charge is 0.356 e. The lowest BCUT2D eigenvalue weighted by atomic mass is 10.2. The Balaban J connectivity index is 2.37. The fourth-order valence-corrected chi connectivity index (χ4v) is 2.49. The van der Waals surface area contributed by atoms with Crippen LogP contribution >= 0.6 is 15.9 Å². The maximum atomic E-state index is 11.3. The molecule has 0 aliphatic rings. The van der Waals surface area contributed by atoms with Gasteiger partial charge in [-0.05, 0) is 18.2 Å². The van der Waals surface area contributed by atoms with Crippen LogP contribution in [0.5, 0.6) is 0 Å². The van der Waals surface area contributed by atoms with Crippen LogP contribution in [-0.4, -0.2) is 20.5 Å². The normalized spacial score (nSPS) is 10.8. The molecule has 4 nitrogen and oxygen atoms in total. The lowest BCUT2D eigenvalue weighted by molar-refractivity contribution is 0.0693. The number of carbonyl (C=O) groups is 1. The third kappa shape index (κ3) is 1.92. The van der Waals surface area contributed by atoms with Crippen LogP contribution in [0.15, 0.2) is 53.1 Å². The maximum Gasteiger partial charge on any atom is 0.356 e. The van der Waals surface area contributed by atoms with E-state index in [0.29, 0.717) is 11.3 Å². The number of pyridine rings is 1. The highest BCUT2D eigenvalue weighted by atomic mass is 79.9. The van der Waals surface area contributed by atoms with Gasteiger partial charge in [0.2, 0.25) is 0 Å². The van der Waals surface area contributed by atoms with Gasteiger partial charge in [-0.1, -0.05) is 40.2 Å². The number of aromatic carboxylic acids is 1. The number of carboxylic acid groups (broad SMARTS) is 1. The van der Waals surface area contributed by atoms with Crippen LogP contribution in [0.2, 0.25) is 0 Å². The van der Waals surface area contributed by atoms with Gasteiger partial charge in [0.25, 0.3) is 0 Å². The number of aromatic nitrogens is 2. The van der Waals surface area contributed by atoms with Crippen molar-refractivity contribution < 1.29 is 9.90 Å². The molecular weight excluding hydrogens is 308 g/mol. The average molecular weight is 317 g/mol. The molecule has 0 unspecified atom stereocenters. The molecule has 2 heterocycles. The summed E-state index contributed by atoms with van der Waals surface area (Å²) in [6.45, 7) is 0. The lowest BCUT2D eigenvalue weighted by Gasteiger charge is -2.03. The van der Waals surface area contributed by atoms with Crippen molar-refractivity contribution in [2.24, 2.45) is 0 Å². The second-order valence-corrected chi connectivity index (χ2v) is 4.88. The Hall–Kier alpha value is -2.14. The molecule has 0 saturated carbocycles. The molecular formula is C14H9BrN2O2. The van der Waals surface area contributed by atoms with Crippen LogP contribution in [0.3, 0.4) is 0 Å². The molecule has 3 aromatic rings. The molecule has 5 heteroatoms. The van der Waals surface area contributed by atoms with E-state index < -0.39 is 5.97 Å². The summed E-state index contributed by atoms with van der Waals surface area (Å²) >= 11 is 3.46. The van der Waals surface area contributed by atoms with Gasteiger partial charge >= 0.3 is 5.97 Å². The molecule has 0 radical (unpaired) electrons. The van der Waals surface area contributed by atoms with Crippen molar-refractivity contribution in [1.29, 1.82) is 0 Å². The molecule has 0 bridgehead atoms. The topological polar surface area (TPSA) is 54.6 Å². The molecule has 2 aromatic heterocycles. The summed E-state index contributed by atoms with van der Waals surface area (Å²) in [7, 11) is 0. The van der Waals surface area contributed by atoms with E-state index in [2.05, 4.69) is 20.9 Å². The summed E-state index contributed by atoms with van der Waals surface area (Å²) in [5.74, 6) is -0.414. The van der Waals surface area contributed by atoms with Crippen molar-refractivity contribution in [2.75, 3.05) is 0 Å². The van der Waals surface area contributed by atoms with E-state index in [9.17, 15) is 9.90 Å². The van der Waals surface area contributed by atoms with E-state index in [1.807, 2.05) is 36.5 Å². The zero-order valence-corrected chi connectivity index (χ0v) is 11.3. The molecule has 3 rings (SSSR count). The Bertz CT molecular complexity index is 780. The molecule has 19 heavy (non-hydrogen) atoms. The minimum absolute atomic E-state index is 0.0614. The number of rotatable bonds is 2. The standard InChI is InChI=1S/C14H9BrN2O2/c15-10-6-2-1-5-9(10)13-16-12(14(18)19)11-7-3-4-8-17(11)13/h1-8H,(H,18,19). The minimum Gasteiger partial charge on any atom is -0.476 e. The van der Waals surface area contributed by atoms with E-state index >= 15 is 0 Å². The van der Waals surface area contributed by atoms with Crippen molar-refractivity contribution in [1.82, 2.24) is 9.38 Å². The number of hydrogen-bond donors (Lipinski definition) is 1. The number of nitrogens with zero attached hydrogens (tertiary/aromatic N) is 2. The molecule has 1 aromatic carbocycles. The van der Waals surface area contributed by atoms with Gasteiger partial charge in [0.15, 0.2) is 5.69 Å². The number of benzene rings is 1. The van der Waals surface area contributed by atoms with Crippen LogP contribution in [-0.2, 0) is 0 Å². The molecule has 1 N–H and O–H groups in total. The Kier molecular flexibility index (Phi) is 2.83. The number of carboxylic acids is 1. The molecule has 0 spiro atoms. The molecule has 0 fully saturated rings. The third-order valence-corrected chi connectivity index (χ3v) is 3.56. The summed E-state index contributed by atoms with van der Waals surface area (Å²) in [5, 5.41) is 9.22. The lowest BCUT2D eigenvalue weighted by Crippen LogP contribution is -1.97. The molecule has 0 amide bonds. The fourth-order valence-electron chi connectivity index (χ4n) is 2.03. The molecule has 0 atom stereocenters. The number of imidazole rings is 1. The van der Waals surface area contributed by atoms with Gasteiger partial charge in [-0.3, -0.25) is 4.40 Å². The van der Waals surface area contributed by atoms with Gasteiger partial charge in [-0.25, -0.2) is 9.78 Å². The van der Waals surface area contributed by atoms with Crippen LogP contribution in [0.25, 0.3) is 16.9 Å². The van der Waals surface area contributed by atoms with E-state index in [0.717, 1.165) is 10.0 Å². The molecule has 0 aliphatic carbocycles. The zero-order chi connectivity index (χ0) is 13.4. The van der Waals surface area contributed by atoms with Gasteiger partial charge in [-0.2, -0.15) is 0 Å². The summed E-state index contributed by atoms with van der Waals surface area (Å²) < 4.78 is 2.66. The highest BCUT2D eigenvalue weighted by molar-refractivity contribution is 9.10. The SMILES string of the molecule is O=C(O)c1nc(-c2ccccc2Br)n2ccccc12. The van der Waals surface area contributed by atoms with Crippen LogP contribution < -0.4 is 0 Å². The monoisotopic (exact) mass is 316 g/mol. The fraction of sp³-hybridized carbons (Fsp3) is 0. The summed E-state index contributed by atoms with van der Waals surface area (Å²) in [4.78, 5) is 15.5. The average Bonchev–Trinajstić information content (AvgIpc) is 2.79. The van der Waals surface area contributed by atoms with E-state index in [1.165, 1.54) is 0 Å². The van der Waals surface area contributed by atoms with Crippen molar-refractivity contribution in [3.8, 4) is 11.4 Å². The number of fused-ring (bicyclic) bond motifs is 1. The van der Waals surface area contributed by atoms with Crippen molar-refractivity contribution in [3.05, 3.63) is 58.8 Å². The summed E-state index contributed by atoms with van der Waals surface area (Å²) in [6.07, 6.45) is 1.81. The van der Waals surface area contributed by atoms with Gasteiger partial charge in [0, 0.05) is 16.2 Å². The van der Waals surface area contributed by atoms with E-state index in [4.69, 9.17) is 0 Å². The first-order valence-corrected chi connectivity index (χ1v) is 6.43. The van der Waals surface area contributed by atoms with Gasteiger partial charge in [0.05, 0.1) is 5.52 Å². The predicted octanol–water partition coefficient (Wildman–Crippen LogP) is 3.46. The van der Waals surface area contributed by atoms with Crippen molar-refractivity contribution in [3.63, 3.8) is 0 Å². The second-order valence-electron chi connectivity index (χ2n) is 4.02. The third-order valence-electron chi connectivity index (χ3n) is 2.87. The highest BCUT2D eigenvalue weighted by Gasteiger charge is 2.18. The van der Waals surface area contributed by atoms with Crippen LogP contribution in [0.4, 0.5) is 0 Å². The Morgan fingerprint density at radius 2 is 1.89 bits per heavy atom. The Morgan fingerprint density at radius 3 is 2.63 bits per heavy atom. The molecule has 94 valence electrons. The first-order chi connectivity index (χ1) is 9.18. The van der Waals surface area contributed by atoms with Gasteiger partial charge in [-0.15, -0.1) is 0 Å². The van der Waals surface area contributed by atoms with E-state index in [1.54, 1.807) is 16.5 Å². The highest BCUT2D eigenvalue weighted by Crippen LogP contribution is 2.29. The van der Waals surface area contributed by atoms with Crippen molar-refractivity contribution in [2.45, 2.75) is 0 Å². The maximum absolute atomic E-state index is 11.3. The first-order valence-electron chi connectivity index (χ1n) is 5.64. The predicted molar refractivity (Wildman–Crippen MR) is 75.3 cm³/mol. The minimum atomic E-state index is -1.03. The summed E-state index contributed by atoms with van der Waals surface area (Å²) in [6, 6.07) is 13.0. The van der Waals surface area contributed by atoms with Crippen molar-refractivity contribution >= 4 is 27.4 Å². The molecule has 0 aliphatic heterocycles. The summed E-state index contributed by atoms with van der Waals surface area (Å²) in [5.41, 5.74) is 1.50. The zero-order valence-electron chi connectivity index (χ0n) is 9.75. The largest absolute Gasteiger partial charge is 0.476 e. The van der Waals surface area contributed by atoms with Gasteiger partial charge in [0.1, 0.15) is 5.82 Å². The molecule has 0 saturated heterocycles. The Morgan fingerprint density at radius 1 is 1.16 bits per heavy atom. The first kappa shape index (κ1) is 11.9. The quantitative estimate of drug-likeness (QED) is 0.787. The second kappa shape index (κ2) is 4.51. The Labute approximate surface area is 117 Å². The van der Waals surface area contributed by atoms with Crippen LogP contribution in [0.1, 0.15) is 10.5 Å². The number of hydrogen-bond acceptors (Lipinski definition) is 2.